The van der Waals surface area contributed by atoms with E-state index in [0.29, 0.717) is 13.1 Å². The highest BCUT2D eigenvalue weighted by molar-refractivity contribution is 5.73. The molecule has 21 heavy (non-hydrogen) atoms. The van der Waals surface area contributed by atoms with Gasteiger partial charge in [0.25, 0.3) is 0 Å². The van der Waals surface area contributed by atoms with Crippen LogP contribution in [0.5, 0.6) is 0 Å². The van der Waals surface area contributed by atoms with E-state index in [1.807, 2.05) is 54.3 Å². The number of carbonyl (C=O) groups excluding carboxylic acids is 1. The molecule has 0 aliphatic carbocycles. The molecular weight excluding hydrogens is 266 g/mol. The highest BCUT2D eigenvalue weighted by atomic mass is 16.3. The van der Waals surface area contributed by atoms with Crippen LogP contribution in [0.4, 0.5) is 4.79 Å². The SMILES string of the molecule is Cn1ccc(CNC(=O)NCCc2ccc(CO)cc2)c1. The first-order chi connectivity index (χ1) is 10.2. The predicted molar refractivity (Wildman–Crippen MR) is 81.7 cm³/mol. The third-order valence-corrected chi connectivity index (χ3v) is 3.25. The van der Waals surface area contributed by atoms with Crippen LogP contribution in [0.3, 0.4) is 0 Å². The number of benzene rings is 1. The minimum absolute atomic E-state index is 0.0560. The van der Waals surface area contributed by atoms with E-state index < -0.39 is 0 Å². The van der Waals surface area contributed by atoms with Gasteiger partial charge in [-0.2, -0.15) is 0 Å². The maximum absolute atomic E-state index is 11.7. The van der Waals surface area contributed by atoms with E-state index in [0.717, 1.165) is 23.1 Å². The Hall–Kier alpha value is -2.27. The number of amides is 2. The van der Waals surface area contributed by atoms with E-state index in [1.165, 1.54) is 0 Å². The number of nitrogens with one attached hydrogen (secondary N) is 2. The molecule has 1 aromatic heterocycles. The molecule has 0 aliphatic heterocycles. The van der Waals surface area contributed by atoms with Gasteiger partial charge in [-0.25, -0.2) is 4.79 Å². The van der Waals surface area contributed by atoms with E-state index in [1.54, 1.807) is 0 Å². The Balaban J connectivity index is 1.66. The van der Waals surface area contributed by atoms with Crippen molar-refractivity contribution >= 4 is 6.03 Å². The monoisotopic (exact) mass is 287 g/mol. The minimum Gasteiger partial charge on any atom is -0.392 e. The number of hydrogen-bond donors (Lipinski definition) is 3. The summed E-state index contributed by atoms with van der Waals surface area (Å²) >= 11 is 0. The van der Waals surface area contributed by atoms with Gasteiger partial charge in [0.2, 0.25) is 0 Å². The van der Waals surface area contributed by atoms with Crippen molar-refractivity contribution in [2.75, 3.05) is 6.54 Å². The summed E-state index contributed by atoms with van der Waals surface area (Å²) in [5.74, 6) is 0. The molecule has 0 unspecified atom stereocenters. The Morgan fingerprint density at radius 3 is 2.43 bits per heavy atom. The topological polar surface area (TPSA) is 66.3 Å². The summed E-state index contributed by atoms with van der Waals surface area (Å²) in [6.45, 7) is 1.16. The zero-order valence-corrected chi connectivity index (χ0v) is 12.2. The van der Waals surface area contributed by atoms with Gasteiger partial charge in [0.1, 0.15) is 0 Å². The van der Waals surface area contributed by atoms with Gasteiger partial charge in [0.05, 0.1) is 6.61 Å². The molecule has 1 aromatic carbocycles. The van der Waals surface area contributed by atoms with Crippen molar-refractivity contribution in [3.05, 3.63) is 59.4 Å². The van der Waals surface area contributed by atoms with Crippen LogP contribution in [0.15, 0.2) is 42.7 Å². The zero-order valence-electron chi connectivity index (χ0n) is 12.2. The number of nitrogens with zero attached hydrogens (tertiary/aromatic N) is 1. The molecule has 5 nitrogen and oxygen atoms in total. The van der Waals surface area contributed by atoms with Crippen LogP contribution in [0.25, 0.3) is 0 Å². The Kier molecular flexibility index (Phi) is 5.40. The maximum Gasteiger partial charge on any atom is 0.315 e. The van der Waals surface area contributed by atoms with Crippen molar-refractivity contribution in [3.8, 4) is 0 Å². The number of hydrogen-bond acceptors (Lipinski definition) is 2. The van der Waals surface area contributed by atoms with Gasteiger partial charge in [0, 0.05) is 32.5 Å². The third-order valence-electron chi connectivity index (χ3n) is 3.25. The second-order valence-corrected chi connectivity index (χ2v) is 5.02. The lowest BCUT2D eigenvalue weighted by Crippen LogP contribution is -2.36. The lowest BCUT2D eigenvalue weighted by atomic mass is 10.1. The first kappa shape index (κ1) is 15.1. The van der Waals surface area contributed by atoms with Crippen molar-refractivity contribution in [1.82, 2.24) is 15.2 Å². The van der Waals surface area contributed by atoms with E-state index >= 15 is 0 Å². The molecule has 0 fully saturated rings. The first-order valence-electron chi connectivity index (χ1n) is 6.98. The Labute approximate surface area is 124 Å². The highest BCUT2D eigenvalue weighted by Gasteiger charge is 2.01. The molecule has 0 aliphatic rings. The molecule has 2 aromatic rings. The van der Waals surface area contributed by atoms with Crippen molar-refractivity contribution in [3.63, 3.8) is 0 Å². The van der Waals surface area contributed by atoms with E-state index in [4.69, 9.17) is 5.11 Å². The molecule has 0 spiro atoms. The van der Waals surface area contributed by atoms with Crippen LogP contribution >= 0.6 is 0 Å². The van der Waals surface area contributed by atoms with Crippen LogP contribution in [-0.2, 0) is 26.6 Å². The summed E-state index contributed by atoms with van der Waals surface area (Å²) in [5, 5.41) is 14.6. The summed E-state index contributed by atoms with van der Waals surface area (Å²) in [4.78, 5) is 11.7. The van der Waals surface area contributed by atoms with Crippen LogP contribution in [0, 0.1) is 0 Å². The number of aromatic nitrogens is 1. The second kappa shape index (κ2) is 7.50. The molecule has 0 bridgehead atoms. The largest absolute Gasteiger partial charge is 0.392 e. The smallest absolute Gasteiger partial charge is 0.315 e. The summed E-state index contributed by atoms with van der Waals surface area (Å²) < 4.78 is 1.95. The first-order valence-corrected chi connectivity index (χ1v) is 6.98. The number of rotatable bonds is 6. The fraction of sp³-hybridized carbons (Fsp3) is 0.312. The van der Waals surface area contributed by atoms with Crippen molar-refractivity contribution < 1.29 is 9.90 Å². The molecule has 2 rings (SSSR count). The fourth-order valence-corrected chi connectivity index (χ4v) is 2.04. The molecule has 0 saturated carbocycles. The molecular formula is C16H21N3O2. The number of urea groups is 1. The fourth-order valence-electron chi connectivity index (χ4n) is 2.04. The molecule has 3 N–H and O–H groups in total. The van der Waals surface area contributed by atoms with Crippen molar-refractivity contribution in [1.29, 1.82) is 0 Å². The van der Waals surface area contributed by atoms with Crippen LogP contribution in [0.1, 0.15) is 16.7 Å². The molecule has 112 valence electrons. The van der Waals surface area contributed by atoms with Gasteiger partial charge < -0.3 is 20.3 Å². The van der Waals surface area contributed by atoms with Gasteiger partial charge in [-0.3, -0.25) is 0 Å². The number of carbonyl (C=O) groups is 1. The predicted octanol–water partition coefficient (Wildman–Crippen LogP) is 1.56. The van der Waals surface area contributed by atoms with Gasteiger partial charge in [-0.15, -0.1) is 0 Å². The van der Waals surface area contributed by atoms with Crippen LogP contribution in [-0.4, -0.2) is 22.2 Å². The molecule has 5 heteroatoms. The number of aliphatic hydroxyl groups is 1. The minimum atomic E-state index is -0.161. The normalized spacial score (nSPS) is 10.4. The molecule has 1 heterocycles. The molecule has 0 saturated heterocycles. The van der Waals surface area contributed by atoms with Crippen molar-refractivity contribution in [2.24, 2.45) is 7.05 Å². The van der Waals surface area contributed by atoms with Gasteiger partial charge in [-0.1, -0.05) is 24.3 Å². The standard InChI is InChI=1S/C16H21N3O2/c1-19-9-7-15(11-19)10-18-16(21)17-8-6-13-2-4-14(12-20)5-3-13/h2-5,7,9,11,20H,6,8,10,12H2,1H3,(H2,17,18,21). The number of aliphatic hydroxyl groups excluding tert-OH is 1. The van der Waals surface area contributed by atoms with Gasteiger partial charge in [0.15, 0.2) is 0 Å². The zero-order chi connectivity index (χ0) is 15.1. The quantitative estimate of drug-likeness (QED) is 0.755. The van der Waals surface area contributed by atoms with E-state index in [-0.39, 0.29) is 12.6 Å². The molecule has 2 amide bonds. The van der Waals surface area contributed by atoms with E-state index in [9.17, 15) is 4.79 Å². The van der Waals surface area contributed by atoms with Crippen LogP contribution < -0.4 is 10.6 Å². The Bertz CT molecular complexity index is 575. The Morgan fingerprint density at radius 1 is 1.10 bits per heavy atom. The van der Waals surface area contributed by atoms with E-state index in [2.05, 4.69) is 10.6 Å². The molecule has 0 radical (unpaired) electrons. The number of aryl methyl sites for hydroxylation is 1. The summed E-state index contributed by atoms with van der Waals surface area (Å²) in [6, 6.07) is 9.54. The molecule has 0 atom stereocenters. The highest BCUT2D eigenvalue weighted by Crippen LogP contribution is 2.04. The van der Waals surface area contributed by atoms with Gasteiger partial charge >= 0.3 is 6.03 Å². The Morgan fingerprint density at radius 2 is 1.81 bits per heavy atom. The summed E-state index contributed by atoms with van der Waals surface area (Å²) in [5.41, 5.74) is 3.11. The maximum atomic E-state index is 11.7. The average Bonchev–Trinajstić information content (AvgIpc) is 2.91. The third kappa shape index (κ3) is 4.96. The second-order valence-electron chi connectivity index (χ2n) is 5.02. The van der Waals surface area contributed by atoms with Crippen molar-refractivity contribution in [2.45, 2.75) is 19.6 Å². The average molecular weight is 287 g/mol. The van der Waals surface area contributed by atoms with Crippen LogP contribution in [0.2, 0.25) is 0 Å². The lowest BCUT2D eigenvalue weighted by molar-refractivity contribution is 0.240. The summed E-state index contributed by atoms with van der Waals surface area (Å²) in [6.07, 6.45) is 4.69. The lowest BCUT2D eigenvalue weighted by Gasteiger charge is -2.07. The van der Waals surface area contributed by atoms with Gasteiger partial charge in [-0.05, 0) is 29.2 Å². The summed E-state index contributed by atoms with van der Waals surface area (Å²) in [7, 11) is 1.95.